The first-order valence-corrected chi connectivity index (χ1v) is 10.5. The van der Waals surface area contributed by atoms with Crippen LogP contribution in [0.5, 0.6) is 0 Å². The number of ether oxygens (including phenoxy) is 1. The van der Waals surface area contributed by atoms with Gasteiger partial charge in [-0.2, -0.15) is 0 Å². The van der Waals surface area contributed by atoms with Crippen molar-refractivity contribution >= 4 is 47.0 Å². The highest BCUT2D eigenvalue weighted by Crippen LogP contribution is 2.22. The average Bonchev–Trinajstić information content (AvgIpc) is 3.17. The van der Waals surface area contributed by atoms with E-state index in [0.29, 0.717) is 22.9 Å². The molecule has 2 rings (SSSR count). The Labute approximate surface area is 191 Å². The van der Waals surface area contributed by atoms with Crippen LogP contribution in [0.2, 0.25) is 0 Å². The quantitative estimate of drug-likeness (QED) is 0.215. The fourth-order valence-electron chi connectivity index (χ4n) is 3.37. The van der Waals surface area contributed by atoms with Crippen LogP contribution in [-0.2, 0) is 30.3 Å². The maximum atomic E-state index is 13.0. The van der Waals surface area contributed by atoms with Gasteiger partial charge < -0.3 is 25.8 Å². The first-order valence-electron chi connectivity index (χ1n) is 10.5. The van der Waals surface area contributed by atoms with E-state index in [1.807, 2.05) is 0 Å². The van der Waals surface area contributed by atoms with Gasteiger partial charge in [-0.25, -0.2) is 4.79 Å². The molecule has 1 aromatic carbocycles. The lowest BCUT2D eigenvalue weighted by molar-refractivity contribution is -0.151. The van der Waals surface area contributed by atoms with Crippen LogP contribution in [0.3, 0.4) is 0 Å². The zero-order chi connectivity index (χ0) is 24.5. The summed E-state index contributed by atoms with van der Waals surface area (Å²) < 4.78 is 5.18. The molecule has 0 radical (unpaired) electrons. The molecule has 0 bridgehead atoms. The molecule has 0 fully saturated rings. The number of hydrogen-bond acceptors (Lipinski definition) is 7. The van der Waals surface area contributed by atoms with E-state index in [2.05, 4.69) is 15.6 Å². The highest BCUT2D eigenvalue weighted by molar-refractivity contribution is 6.26. The fourth-order valence-corrected chi connectivity index (χ4v) is 3.37. The van der Waals surface area contributed by atoms with Crippen molar-refractivity contribution in [1.29, 1.82) is 5.41 Å². The number of H-pyrrole nitrogens is 1. The molecule has 4 N–H and O–H groups in total. The summed E-state index contributed by atoms with van der Waals surface area (Å²) in [5.41, 5.74) is 1.78. The summed E-state index contributed by atoms with van der Waals surface area (Å²) >= 11 is 0. The van der Waals surface area contributed by atoms with E-state index in [9.17, 15) is 24.0 Å². The summed E-state index contributed by atoms with van der Waals surface area (Å²) in [7, 11) is 0. The Morgan fingerprint density at radius 1 is 1.15 bits per heavy atom. The molecule has 0 saturated carbocycles. The molecule has 0 saturated heterocycles. The molecule has 0 unspecified atom stereocenters. The number of ketones is 1. The highest BCUT2D eigenvalue weighted by Gasteiger charge is 2.29. The van der Waals surface area contributed by atoms with Gasteiger partial charge >= 0.3 is 5.97 Å². The monoisotopic (exact) mass is 456 g/mol. The van der Waals surface area contributed by atoms with Crippen molar-refractivity contribution in [2.45, 2.75) is 58.2 Å². The van der Waals surface area contributed by atoms with E-state index in [0.717, 1.165) is 11.7 Å². The minimum absolute atomic E-state index is 0.0475. The van der Waals surface area contributed by atoms with Gasteiger partial charge in [0.2, 0.25) is 11.8 Å². The summed E-state index contributed by atoms with van der Waals surface area (Å²) in [6.07, 6.45) is 2.53. The molecule has 2 amide bonds. The molecule has 1 heterocycles. The van der Waals surface area contributed by atoms with Gasteiger partial charge in [0.25, 0.3) is 0 Å². The summed E-state index contributed by atoms with van der Waals surface area (Å²) in [6, 6.07) is 3.03. The lowest BCUT2D eigenvalue weighted by Crippen LogP contribution is -2.52. The molecule has 33 heavy (non-hydrogen) atoms. The highest BCUT2D eigenvalue weighted by atomic mass is 16.5. The number of carbonyl (C=O) groups excluding carboxylic acids is 5. The molecule has 1 aromatic heterocycles. The van der Waals surface area contributed by atoms with E-state index in [-0.39, 0.29) is 19.3 Å². The molecular formula is C23H28N4O6. The number of amides is 2. The second-order valence-corrected chi connectivity index (χ2v) is 7.85. The molecular weight excluding hydrogens is 428 g/mol. The Morgan fingerprint density at radius 2 is 1.88 bits per heavy atom. The summed E-state index contributed by atoms with van der Waals surface area (Å²) in [4.78, 5) is 63.1. The number of nitrogens with one attached hydrogen (secondary N) is 4. The Kier molecular flexibility index (Phi) is 9.02. The van der Waals surface area contributed by atoms with Crippen LogP contribution >= 0.6 is 0 Å². The summed E-state index contributed by atoms with van der Waals surface area (Å²) in [6.45, 7) is 4.59. The maximum absolute atomic E-state index is 13.0. The predicted molar refractivity (Wildman–Crippen MR) is 121 cm³/mol. The van der Waals surface area contributed by atoms with Gasteiger partial charge in [0.1, 0.15) is 12.1 Å². The van der Waals surface area contributed by atoms with Gasteiger partial charge in [0, 0.05) is 36.9 Å². The van der Waals surface area contributed by atoms with Crippen LogP contribution in [-0.4, -0.2) is 59.2 Å². The van der Waals surface area contributed by atoms with E-state index < -0.39 is 41.8 Å². The first kappa shape index (κ1) is 25.4. The third-order valence-corrected chi connectivity index (χ3v) is 4.87. The third-order valence-electron chi connectivity index (χ3n) is 4.87. The van der Waals surface area contributed by atoms with Gasteiger partial charge in [-0.3, -0.25) is 19.2 Å². The lowest BCUT2D eigenvalue weighted by atomic mass is 10.0. The molecule has 176 valence electrons. The second-order valence-electron chi connectivity index (χ2n) is 7.85. The SMILES string of the molecule is CC(=O)N[C@@H](Cc1c[nH]c2c(C=O)cccc12)C(=O)N[C@@H](CCC(=O)C=N)C(=O)OC(C)C. The van der Waals surface area contributed by atoms with Gasteiger partial charge in [0.15, 0.2) is 12.1 Å². The number of benzene rings is 1. The number of rotatable bonds is 12. The van der Waals surface area contributed by atoms with Gasteiger partial charge in [-0.05, 0) is 31.9 Å². The number of hydrogen-bond donors (Lipinski definition) is 4. The molecule has 0 spiro atoms. The standard InChI is InChI=1S/C23H28N4O6/c1-13(2)33-23(32)19(8-7-17(30)10-24)27-22(31)20(26-14(3)29)9-16-11-25-21-15(12-28)5-4-6-18(16)21/h4-6,10-13,19-20,24-25H,7-9H2,1-3H3,(H,26,29)(H,27,31)/t19-,20-/m0/s1. The molecule has 0 aliphatic rings. The normalized spacial score (nSPS) is 12.6. The number of aldehydes is 1. The zero-order valence-electron chi connectivity index (χ0n) is 18.8. The second kappa shape index (κ2) is 11.7. The summed E-state index contributed by atoms with van der Waals surface area (Å²) in [5.74, 6) is -2.27. The van der Waals surface area contributed by atoms with Crippen LogP contribution in [0.15, 0.2) is 24.4 Å². The van der Waals surface area contributed by atoms with Gasteiger partial charge in [-0.1, -0.05) is 12.1 Å². The van der Waals surface area contributed by atoms with Crippen LogP contribution in [0.1, 0.15) is 49.5 Å². The van der Waals surface area contributed by atoms with Crippen LogP contribution in [0.4, 0.5) is 0 Å². The molecule has 0 aliphatic carbocycles. The minimum Gasteiger partial charge on any atom is -0.461 e. The van der Waals surface area contributed by atoms with Crippen molar-refractivity contribution in [1.82, 2.24) is 15.6 Å². The number of aromatic amines is 1. The number of fused-ring (bicyclic) bond motifs is 1. The number of para-hydroxylation sites is 1. The fraction of sp³-hybridized carbons (Fsp3) is 0.391. The minimum atomic E-state index is -1.12. The third kappa shape index (κ3) is 7.09. The van der Waals surface area contributed by atoms with Crippen LogP contribution < -0.4 is 10.6 Å². The smallest absolute Gasteiger partial charge is 0.328 e. The van der Waals surface area contributed by atoms with Crippen molar-refractivity contribution in [3.8, 4) is 0 Å². The largest absolute Gasteiger partial charge is 0.461 e. The first-order chi connectivity index (χ1) is 15.7. The molecule has 10 heteroatoms. The van der Waals surface area contributed by atoms with Crippen LogP contribution in [0.25, 0.3) is 10.9 Å². The average molecular weight is 456 g/mol. The molecule has 2 atom stereocenters. The number of Topliss-reactive ketones (excluding diaryl/α,β-unsaturated/α-hetero) is 1. The van der Waals surface area contributed by atoms with Crippen molar-refractivity contribution in [2.24, 2.45) is 0 Å². The van der Waals surface area contributed by atoms with Crippen LogP contribution in [0, 0.1) is 5.41 Å². The number of esters is 1. The molecule has 0 aliphatic heterocycles. The van der Waals surface area contributed by atoms with Crippen molar-refractivity contribution < 1.29 is 28.7 Å². The topological polar surface area (TPSA) is 158 Å². The van der Waals surface area contributed by atoms with E-state index in [1.165, 1.54) is 6.92 Å². The molecule has 2 aromatic rings. The number of aromatic nitrogens is 1. The van der Waals surface area contributed by atoms with Gasteiger partial charge in [-0.15, -0.1) is 0 Å². The Hall–Kier alpha value is -3.82. The Bertz CT molecular complexity index is 1060. The lowest BCUT2D eigenvalue weighted by Gasteiger charge is -2.23. The zero-order valence-corrected chi connectivity index (χ0v) is 18.8. The number of carbonyl (C=O) groups is 5. The Balaban J connectivity index is 2.26. The van der Waals surface area contributed by atoms with Crippen molar-refractivity contribution in [3.05, 3.63) is 35.5 Å². The van der Waals surface area contributed by atoms with Gasteiger partial charge in [0.05, 0.1) is 17.8 Å². The maximum Gasteiger partial charge on any atom is 0.328 e. The van der Waals surface area contributed by atoms with E-state index >= 15 is 0 Å². The van der Waals surface area contributed by atoms with E-state index in [1.54, 1.807) is 38.2 Å². The van der Waals surface area contributed by atoms with E-state index in [4.69, 9.17) is 10.1 Å². The predicted octanol–water partition coefficient (Wildman–Crippen LogP) is 1.46. The van der Waals surface area contributed by atoms with Crippen molar-refractivity contribution in [3.63, 3.8) is 0 Å². The molecule has 10 nitrogen and oxygen atoms in total. The Morgan fingerprint density at radius 3 is 2.48 bits per heavy atom. The summed E-state index contributed by atoms with van der Waals surface area (Å²) in [5, 5.41) is 12.9. The van der Waals surface area contributed by atoms with Crippen molar-refractivity contribution in [2.75, 3.05) is 0 Å².